The highest BCUT2D eigenvalue weighted by Crippen LogP contribution is 2.30. The number of carbonyl (C=O) groups excluding carboxylic acids is 1. The molecule has 0 spiro atoms. The maximum Gasteiger partial charge on any atom is 0.404 e. The van der Waals surface area contributed by atoms with Gasteiger partial charge in [0, 0.05) is 24.8 Å². The predicted octanol–water partition coefficient (Wildman–Crippen LogP) is 2.52. The van der Waals surface area contributed by atoms with E-state index in [0.29, 0.717) is 42.8 Å². The van der Waals surface area contributed by atoms with Crippen LogP contribution in [-0.4, -0.2) is 66.4 Å². The number of amides is 2. The number of carbonyl (C=O) groups is 2. The SMILES string of the molecule is O=C(O)NCCOc1ccc(-c2ccc(C(=O)N3CCOCC3)nc2)cc1Cl. The number of nitrogens with one attached hydrogen (secondary N) is 1. The van der Waals surface area contributed by atoms with E-state index in [4.69, 9.17) is 26.2 Å². The fraction of sp³-hybridized carbons (Fsp3) is 0.316. The van der Waals surface area contributed by atoms with E-state index in [-0.39, 0.29) is 19.1 Å². The smallest absolute Gasteiger partial charge is 0.404 e. The second kappa shape index (κ2) is 9.38. The average Bonchev–Trinajstić information content (AvgIpc) is 2.72. The van der Waals surface area contributed by atoms with Crippen molar-refractivity contribution >= 4 is 23.6 Å². The van der Waals surface area contributed by atoms with Crippen molar-refractivity contribution in [2.24, 2.45) is 0 Å². The van der Waals surface area contributed by atoms with Gasteiger partial charge in [-0.15, -0.1) is 0 Å². The van der Waals surface area contributed by atoms with E-state index in [0.717, 1.165) is 11.1 Å². The van der Waals surface area contributed by atoms with Gasteiger partial charge < -0.3 is 24.8 Å². The lowest BCUT2D eigenvalue weighted by Gasteiger charge is -2.26. The fourth-order valence-electron chi connectivity index (χ4n) is 2.74. The van der Waals surface area contributed by atoms with E-state index in [9.17, 15) is 9.59 Å². The molecule has 2 aromatic rings. The summed E-state index contributed by atoms with van der Waals surface area (Å²) in [5, 5.41) is 11.1. The van der Waals surface area contributed by atoms with E-state index < -0.39 is 6.09 Å². The zero-order valence-electron chi connectivity index (χ0n) is 15.1. The summed E-state index contributed by atoms with van der Waals surface area (Å²) < 4.78 is 10.7. The maximum absolute atomic E-state index is 12.4. The Morgan fingerprint density at radius 3 is 2.61 bits per heavy atom. The normalized spacial score (nSPS) is 13.8. The number of aromatic nitrogens is 1. The third-order valence-electron chi connectivity index (χ3n) is 4.18. The summed E-state index contributed by atoms with van der Waals surface area (Å²) in [6, 6.07) is 8.80. The Kier molecular flexibility index (Phi) is 6.67. The molecule has 0 radical (unpaired) electrons. The molecule has 1 aliphatic heterocycles. The van der Waals surface area contributed by atoms with Crippen LogP contribution >= 0.6 is 11.6 Å². The van der Waals surface area contributed by atoms with E-state index in [1.165, 1.54) is 0 Å². The molecule has 148 valence electrons. The summed E-state index contributed by atoms with van der Waals surface area (Å²) in [7, 11) is 0. The fourth-order valence-corrected chi connectivity index (χ4v) is 2.97. The Hall–Kier alpha value is -2.84. The maximum atomic E-state index is 12.4. The van der Waals surface area contributed by atoms with Crippen LogP contribution in [0.4, 0.5) is 4.79 Å². The summed E-state index contributed by atoms with van der Waals surface area (Å²) >= 11 is 6.25. The number of halogens is 1. The summed E-state index contributed by atoms with van der Waals surface area (Å²) in [5.74, 6) is 0.358. The van der Waals surface area contributed by atoms with Crippen LogP contribution in [0.5, 0.6) is 5.75 Å². The molecule has 1 aliphatic rings. The van der Waals surface area contributed by atoms with Crippen LogP contribution in [0.1, 0.15) is 10.5 Å². The highest BCUT2D eigenvalue weighted by atomic mass is 35.5. The first-order valence-electron chi connectivity index (χ1n) is 8.77. The molecule has 0 saturated carbocycles. The topological polar surface area (TPSA) is 101 Å². The summed E-state index contributed by atoms with van der Waals surface area (Å²) in [4.78, 5) is 28.9. The zero-order chi connectivity index (χ0) is 19.9. The second-order valence-corrected chi connectivity index (χ2v) is 6.47. The van der Waals surface area contributed by atoms with Gasteiger partial charge in [0.1, 0.15) is 18.1 Å². The standard InChI is InChI=1S/C19H20ClN3O5/c20-15-11-13(2-4-17(15)28-8-5-21-19(25)26)14-1-3-16(22-12-14)18(24)23-6-9-27-10-7-23/h1-4,11-12,21H,5-10H2,(H,25,26). The number of rotatable bonds is 6. The molecular formula is C19H20ClN3O5. The molecule has 1 fully saturated rings. The van der Waals surface area contributed by atoms with Gasteiger partial charge >= 0.3 is 6.09 Å². The van der Waals surface area contributed by atoms with Crippen molar-refractivity contribution in [1.29, 1.82) is 0 Å². The largest absolute Gasteiger partial charge is 0.490 e. The Balaban J connectivity index is 1.64. The third kappa shape index (κ3) is 5.11. The van der Waals surface area contributed by atoms with Crippen molar-refractivity contribution in [1.82, 2.24) is 15.2 Å². The van der Waals surface area contributed by atoms with Crippen molar-refractivity contribution < 1.29 is 24.2 Å². The van der Waals surface area contributed by atoms with Gasteiger partial charge in [0.25, 0.3) is 5.91 Å². The Morgan fingerprint density at radius 1 is 1.21 bits per heavy atom. The predicted molar refractivity (Wildman–Crippen MR) is 103 cm³/mol. The summed E-state index contributed by atoms with van der Waals surface area (Å²) in [6.07, 6.45) is 0.532. The van der Waals surface area contributed by atoms with Gasteiger partial charge in [0.2, 0.25) is 0 Å². The molecule has 2 heterocycles. The van der Waals surface area contributed by atoms with Crippen LogP contribution in [-0.2, 0) is 4.74 Å². The van der Waals surface area contributed by atoms with Crippen molar-refractivity contribution in [2.45, 2.75) is 0 Å². The molecule has 1 aromatic heterocycles. The lowest BCUT2D eigenvalue weighted by Crippen LogP contribution is -2.41. The van der Waals surface area contributed by atoms with Crippen LogP contribution in [0, 0.1) is 0 Å². The number of morpholine rings is 1. The van der Waals surface area contributed by atoms with Crippen molar-refractivity contribution in [2.75, 3.05) is 39.5 Å². The molecule has 0 bridgehead atoms. The number of carboxylic acid groups (broad SMARTS) is 1. The quantitative estimate of drug-likeness (QED) is 0.716. The minimum Gasteiger partial charge on any atom is -0.490 e. The average molecular weight is 406 g/mol. The van der Waals surface area contributed by atoms with Gasteiger partial charge in [-0.25, -0.2) is 4.79 Å². The molecule has 0 atom stereocenters. The summed E-state index contributed by atoms with van der Waals surface area (Å²) in [5.41, 5.74) is 2.04. The molecule has 0 aliphatic carbocycles. The highest BCUT2D eigenvalue weighted by molar-refractivity contribution is 6.32. The van der Waals surface area contributed by atoms with Crippen molar-refractivity contribution in [3.05, 3.63) is 47.2 Å². The first-order valence-corrected chi connectivity index (χ1v) is 9.15. The molecule has 0 unspecified atom stereocenters. The van der Waals surface area contributed by atoms with Crippen LogP contribution in [0.2, 0.25) is 5.02 Å². The van der Waals surface area contributed by atoms with E-state index in [1.807, 2.05) is 12.1 Å². The molecule has 1 saturated heterocycles. The lowest BCUT2D eigenvalue weighted by molar-refractivity contribution is 0.0299. The van der Waals surface area contributed by atoms with E-state index >= 15 is 0 Å². The van der Waals surface area contributed by atoms with Gasteiger partial charge in [-0.1, -0.05) is 23.7 Å². The Labute approximate surface area is 167 Å². The monoisotopic (exact) mass is 405 g/mol. The molecule has 3 rings (SSSR count). The molecule has 28 heavy (non-hydrogen) atoms. The highest BCUT2D eigenvalue weighted by Gasteiger charge is 2.19. The first-order chi connectivity index (χ1) is 13.5. The molecule has 8 nitrogen and oxygen atoms in total. The van der Waals surface area contributed by atoms with Gasteiger partial charge in [0.15, 0.2) is 0 Å². The van der Waals surface area contributed by atoms with Gasteiger partial charge in [-0.2, -0.15) is 0 Å². The molecule has 1 aromatic carbocycles. The molecule has 9 heteroatoms. The lowest BCUT2D eigenvalue weighted by atomic mass is 10.1. The summed E-state index contributed by atoms with van der Waals surface area (Å²) in [6.45, 7) is 2.57. The number of hydrogen-bond acceptors (Lipinski definition) is 5. The minimum absolute atomic E-state index is 0.105. The minimum atomic E-state index is -1.10. The number of nitrogens with zero attached hydrogens (tertiary/aromatic N) is 2. The number of pyridine rings is 1. The third-order valence-corrected chi connectivity index (χ3v) is 4.48. The van der Waals surface area contributed by atoms with Gasteiger partial charge in [0.05, 0.1) is 24.8 Å². The van der Waals surface area contributed by atoms with Crippen LogP contribution < -0.4 is 10.1 Å². The van der Waals surface area contributed by atoms with Crippen molar-refractivity contribution in [3.63, 3.8) is 0 Å². The number of benzene rings is 1. The molecule has 2 N–H and O–H groups in total. The van der Waals surface area contributed by atoms with Crippen LogP contribution in [0.25, 0.3) is 11.1 Å². The molecular weight excluding hydrogens is 386 g/mol. The Morgan fingerprint density at radius 2 is 1.96 bits per heavy atom. The molecule has 2 amide bonds. The number of ether oxygens (including phenoxy) is 2. The van der Waals surface area contributed by atoms with Gasteiger partial charge in [-0.3, -0.25) is 9.78 Å². The van der Waals surface area contributed by atoms with Crippen molar-refractivity contribution in [3.8, 4) is 16.9 Å². The number of hydrogen-bond donors (Lipinski definition) is 2. The second-order valence-electron chi connectivity index (χ2n) is 6.06. The first kappa shape index (κ1) is 19.9. The Bertz CT molecular complexity index is 838. The van der Waals surface area contributed by atoms with E-state index in [1.54, 1.807) is 29.3 Å². The van der Waals surface area contributed by atoms with Crippen LogP contribution in [0.15, 0.2) is 36.5 Å². The zero-order valence-corrected chi connectivity index (χ0v) is 15.8. The van der Waals surface area contributed by atoms with Crippen LogP contribution in [0.3, 0.4) is 0 Å². The van der Waals surface area contributed by atoms with E-state index in [2.05, 4.69) is 10.3 Å². The van der Waals surface area contributed by atoms with Gasteiger partial charge in [-0.05, 0) is 23.8 Å².